The Hall–Kier alpha value is -1.93. The van der Waals surface area contributed by atoms with Crippen LogP contribution < -0.4 is 4.90 Å². The molecule has 2 aromatic rings. The van der Waals surface area contributed by atoms with Crippen molar-refractivity contribution in [2.45, 2.75) is 24.8 Å². The normalized spacial score (nSPS) is 23.4. The van der Waals surface area contributed by atoms with Crippen LogP contribution in [0, 0.1) is 18.6 Å². The second kappa shape index (κ2) is 6.91. The van der Waals surface area contributed by atoms with E-state index >= 15 is 0 Å². The van der Waals surface area contributed by atoms with Gasteiger partial charge in [-0.3, -0.25) is 4.99 Å². The third-order valence-corrected chi connectivity index (χ3v) is 7.50. The van der Waals surface area contributed by atoms with Gasteiger partial charge < -0.3 is 4.90 Å². The SMILES string of the molecule is Cc1ccc(CSC2=N[C@@H]3CS(=O)(=O)C[C@H]3N2c2ccc(F)cc2F)cc1. The number of aryl methyl sites for hydroxylation is 1. The molecule has 8 heteroatoms. The number of nitrogens with zero attached hydrogens (tertiary/aromatic N) is 2. The van der Waals surface area contributed by atoms with E-state index in [9.17, 15) is 17.2 Å². The van der Waals surface area contributed by atoms with Gasteiger partial charge in [0.05, 0.1) is 29.3 Å². The standard InChI is InChI=1S/C19H18F2N2O2S2/c1-12-2-4-13(5-3-12)9-26-19-22-16-10-27(24,25)11-18(16)23(19)17-7-6-14(20)8-15(17)21/h2-8,16,18H,9-11H2,1H3/t16-,18-/m1/s1. The summed E-state index contributed by atoms with van der Waals surface area (Å²) >= 11 is 1.44. The van der Waals surface area contributed by atoms with Crippen molar-refractivity contribution >= 4 is 32.5 Å². The summed E-state index contributed by atoms with van der Waals surface area (Å²) in [6.45, 7) is 2.01. The molecule has 2 aliphatic heterocycles. The molecule has 0 N–H and O–H groups in total. The van der Waals surface area contributed by atoms with Crippen LogP contribution in [0.4, 0.5) is 14.5 Å². The first kappa shape index (κ1) is 18.4. The van der Waals surface area contributed by atoms with E-state index < -0.39 is 33.6 Å². The molecular formula is C19H18F2N2O2S2. The minimum Gasteiger partial charge on any atom is -0.312 e. The van der Waals surface area contributed by atoms with Gasteiger partial charge in [-0.05, 0) is 24.6 Å². The fourth-order valence-electron chi connectivity index (χ4n) is 3.42. The van der Waals surface area contributed by atoms with E-state index in [2.05, 4.69) is 4.99 Å². The Bertz CT molecular complexity index is 1010. The summed E-state index contributed by atoms with van der Waals surface area (Å²) in [5, 5.41) is 0.575. The second-order valence-electron chi connectivity index (χ2n) is 6.86. The molecule has 4 nitrogen and oxygen atoms in total. The Morgan fingerprint density at radius 1 is 1.15 bits per heavy atom. The number of rotatable bonds is 3. The first-order chi connectivity index (χ1) is 12.8. The number of halogens is 2. The Morgan fingerprint density at radius 3 is 2.59 bits per heavy atom. The van der Waals surface area contributed by atoms with Crippen molar-refractivity contribution < 1.29 is 17.2 Å². The van der Waals surface area contributed by atoms with Crippen LogP contribution in [0.1, 0.15) is 11.1 Å². The number of sulfone groups is 1. The second-order valence-corrected chi connectivity index (χ2v) is 9.96. The van der Waals surface area contributed by atoms with E-state index in [1.165, 1.54) is 23.9 Å². The molecule has 0 radical (unpaired) electrons. The molecule has 0 saturated carbocycles. The Balaban J connectivity index is 1.64. The Morgan fingerprint density at radius 2 is 1.89 bits per heavy atom. The van der Waals surface area contributed by atoms with Gasteiger partial charge in [0.25, 0.3) is 0 Å². The molecule has 1 saturated heterocycles. The van der Waals surface area contributed by atoms with Gasteiger partial charge in [0, 0.05) is 11.8 Å². The van der Waals surface area contributed by atoms with Crippen molar-refractivity contribution in [1.82, 2.24) is 0 Å². The highest BCUT2D eigenvalue weighted by atomic mass is 32.2. The van der Waals surface area contributed by atoms with E-state index in [0.717, 1.165) is 17.2 Å². The van der Waals surface area contributed by atoms with Gasteiger partial charge in [0.1, 0.15) is 11.6 Å². The summed E-state index contributed by atoms with van der Waals surface area (Å²) in [4.78, 5) is 6.19. The highest BCUT2D eigenvalue weighted by molar-refractivity contribution is 8.13. The predicted octanol–water partition coefficient (Wildman–Crippen LogP) is 3.55. The average Bonchev–Trinajstić information content (AvgIpc) is 3.06. The maximum Gasteiger partial charge on any atom is 0.164 e. The average molecular weight is 408 g/mol. The van der Waals surface area contributed by atoms with Gasteiger partial charge in [-0.25, -0.2) is 17.2 Å². The molecule has 1 fully saturated rings. The maximum absolute atomic E-state index is 14.4. The van der Waals surface area contributed by atoms with Crippen molar-refractivity contribution in [3.63, 3.8) is 0 Å². The Labute approximate surface area is 161 Å². The van der Waals surface area contributed by atoms with Crippen LogP contribution in [0.5, 0.6) is 0 Å². The van der Waals surface area contributed by atoms with Gasteiger partial charge >= 0.3 is 0 Å². The molecule has 0 amide bonds. The van der Waals surface area contributed by atoms with E-state index in [4.69, 9.17) is 0 Å². The molecule has 2 heterocycles. The molecule has 0 unspecified atom stereocenters. The van der Waals surface area contributed by atoms with Crippen molar-refractivity contribution in [2.75, 3.05) is 16.4 Å². The Kier molecular flexibility index (Phi) is 4.71. The van der Waals surface area contributed by atoms with Crippen LogP contribution in [0.15, 0.2) is 47.5 Å². The predicted molar refractivity (Wildman–Crippen MR) is 105 cm³/mol. The summed E-state index contributed by atoms with van der Waals surface area (Å²) in [5.41, 5.74) is 2.42. The zero-order chi connectivity index (χ0) is 19.2. The summed E-state index contributed by atoms with van der Waals surface area (Å²) in [6.07, 6.45) is 0. The zero-order valence-electron chi connectivity index (χ0n) is 14.6. The van der Waals surface area contributed by atoms with Gasteiger partial charge in [0.2, 0.25) is 0 Å². The van der Waals surface area contributed by atoms with Crippen LogP contribution in [0.25, 0.3) is 0 Å². The maximum atomic E-state index is 14.4. The topological polar surface area (TPSA) is 49.7 Å². The van der Waals surface area contributed by atoms with E-state index in [-0.39, 0.29) is 17.2 Å². The molecule has 27 heavy (non-hydrogen) atoms. The summed E-state index contributed by atoms with van der Waals surface area (Å²) in [6, 6.07) is 10.6. The highest BCUT2D eigenvalue weighted by Gasteiger charge is 2.47. The molecular weight excluding hydrogens is 390 g/mol. The minimum absolute atomic E-state index is 0.0361. The fraction of sp³-hybridized carbons (Fsp3) is 0.316. The zero-order valence-corrected chi connectivity index (χ0v) is 16.2. The molecule has 0 bridgehead atoms. The third-order valence-electron chi connectivity index (χ3n) is 4.77. The lowest BCUT2D eigenvalue weighted by Gasteiger charge is -2.26. The molecule has 4 rings (SSSR count). The third kappa shape index (κ3) is 3.73. The van der Waals surface area contributed by atoms with Crippen molar-refractivity contribution in [1.29, 1.82) is 0 Å². The van der Waals surface area contributed by atoms with Crippen molar-refractivity contribution in [2.24, 2.45) is 4.99 Å². The lowest BCUT2D eigenvalue weighted by molar-refractivity contribution is 0.577. The van der Waals surface area contributed by atoms with Gasteiger partial charge in [-0.1, -0.05) is 41.6 Å². The van der Waals surface area contributed by atoms with Crippen LogP contribution >= 0.6 is 11.8 Å². The number of amidine groups is 1. The molecule has 0 spiro atoms. The number of fused-ring (bicyclic) bond motifs is 1. The van der Waals surface area contributed by atoms with Gasteiger partial charge in [-0.2, -0.15) is 0 Å². The van der Waals surface area contributed by atoms with E-state index in [1.54, 1.807) is 4.90 Å². The first-order valence-electron chi connectivity index (χ1n) is 8.53. The number of benzene rings is 2. The molecule has 0 aromatic heterocycles. The van der Waals surface area contributed by atoms with Gasteiger partial charge in [-0.15, -0.1) is 0 Å². The largest absolute Gasteiger partial charge is 0.312 e. The monoisotopic (exact) mass is 408 g/mol. The van der Waals surface area contributed by atoms with Crippen LogP contribution in [0.2, 0.25) is 0 Å². The van der Waals surface area contributed by atoms with Crippen LogP contribution in [0.3, 0.4) is 0 Å². The lowest BCUT2D eigenvalue weighted by atomic mass is 10.1. The first-order valence-corrected chi connectivity index (χ1v) is 11.3. The highest BCUT2D eigenvalue weighted by Crippen LogP contribution is 2.37. The minimum atomic E-state index is -3.22. The molecule has 2 atom stereocenters. The number of thioether (sulfide) groups is 1. The number of hydrogen-bond acceptors (Lipinski definition) is 5. The van der Waals surface area contributed by atoms with Crippen LogP contribution in [-0.2, 0) is 15.6 Å². The summed E-state index contributed by atoms with van der Waals surface area (Å²) in [5.74, 6) is -0.872. The van der Waals surface area contributed by atoms with Crippen LogP contribution in [-0.4, -0.2) is 37.2 Å². The smallest absolute Gasteiger partial charge is 0.164 e. The van der Waals surface area contributed by atoms with Crippen molar-refractivity contribution in [3.05, 3.63) is 65.2 Å². The number of hydrogen-bond donors (Lipinski definition) is 0. The summed E-state index contributed by atoms with van der Waals surface area (Å²) in [7, 11) is -3.22. The summed E-state index contributed by atoms with van der Waals surface area (Å²) < 4.78 is 51.8. The molecule has 142 valence electrons. The lowest BCUT2D eigenvalue weighted by Crippen LogP contribution is -2.39. The molecule has 2 aliphatic rings. The quantitative estimate of drug-likeness (QED) is 0.779. The van der Waals surface area contributed by atoms with Gasteiger partial charge in [0.15, 0.2) is 15.0 Å². The van der Waals surface area contributed by atoms with Crippen molar-refractivity contribution in [3.8, 4) is 0 Å². The molecule has 2 aromatic carbocycles. The van der Waals surface area contributed by atoms with E-state index in [1.807, 2.05) is 31.2 Å². The molecule has 0 aliphatic carbocycles. The van der Waals surface area contributed by atoms with E-state index in [0.29, 0.717) is 10.9 Å². The fourth-order valence-corrected chi connectivity index (χ4v) is 6.34. The number of anilines is 1. The number of aliphatic imine (C=N–C) groups is 1.